The van der Waals surface area contributed by atoms with Crippen molar-refractivity contribution in [2.24, 2.45) is 5.92 Å². The minimum absolute atomic E-state index is 0. The molecule has 0 saturated heterocycles. The maximum absolute atomic E-state index is 11.1. The first-order valence-corrected chi connectivity index (χ1v) is 17.0. The van der Waals surface area contributed by atoms with Crippen LogP contribution in [0.2, 0.25) is 4.34 Å². The van der Waals surface area contributed by atoms with E-state index in [0.717, 1.165) is 51.6 Å². The Balaban J connectivity index is -0.000000618. The molecule has 1 aromatic carbocycles. The van der Waals surface area contributed by atoms with Gasteiger partial charge < -0.3 is 9.47 Å². The second-order valence-corrected chi connectivity index (χ2v) is 14.9. The van der Waals surface area contributed by atoms with Crippen LogP contribution < -0.4 is 9.46 Å². The Morgan fingerprint density at radius 1 is 0.870 bits per heavy atom. The fourth-order valence-electron chi connectivity index (χ4n) is 4.00. The molecule has 0 spiro atoms. The minimum atomic E-state index is -2.94. The lowest BCUT2D eigenvalue weighted by molar-refractivity contribution is -0.152. The van der Waals surface area contributed by atoms with Gasteiger partial charge in [0, 0.05) is 6.04 Å². The van der Waals surface area contributed by atoms with Gasteiger partial charge in [-0.15, -0.1) is 11.3 Å². The molecule has 2 heterocycles. The number of aromatic nitrogens is 2. The van der Waals surface area contributed by atoms with Gasteiger partial charge in [0.2, 0.25) is 15.9 Å². The number of esters is 1. The summed E-state index contributed by atoms with van der Waals surface area (Å²) >= 11 is 7.49. The molecular weight excluding hydrogens is 642 g/mol. The van der Waals surface area contributed by atoms with Crippen LogP contribution in [-0.4, -0.2) is 47.9 Å². The number of hydrogen-bond acceptors (Lipinski definition) is 8. The summed E-state index contributed by atoms with van der Waals surface area (Å²) in [5.41, 5.74) is 2.42. The lowest BCUT2D eigenvalue weighted by Crippen LogP contribution is -2.32. The van der Waals surface area contributed by atoms with E-state index in [4.69, 9.17) is 21.1 Å². The van der Waals surface area contributed by atoms with E-state index in [0.29, 0.717) is 5.88 Å². The van der Waals surface area contributed by atoms with Crippen LogP contribution in [0.15, 0.2) is 36.4 Å². The Labute approximate surface area is 290 Å². The quantitative estimate of drug-likeness (QED) is 0.233. The number of nitrogens with zero attached hydrogens (tertiary/aromatic N) is 2. The number of benzene rings is 1. The molecule has 266 valence electrons. The van der Waals surface area contributed by atoms with Gasteiger partial charge in [0.15, 0.2) is 0 Å². The fraction of sp³-hybridized carbons (Fsp3) is 0.629. The van der Waals surface area contributed by atoms with Crippen LogP contribution in [0.3, 0.4) is 0 Å². The molecule has 1 N–H and O–H groups in total. The number of halogens is 1. The predicted octanol–water partition coefficient (Wildman–Crippen LogP) is 10.6. The van der Waals surface area contributed by atoms with E-state index in [1.807, 2.05) is 77.9 Å². The van der Waals surface area contributed by atoms with Crippen molar-refractivity contribution in [1.82, 2.24) is 14.7 Å². The average molecular weight is 704 g/mol. The highest BCUT2D eigenvalue weighted by atomic mass is 35.5. The smallest absolute Gasteiger partial charge is 0.308 e. The average Bonchev–Trinajstić information content (AvgIpc) is 3.49. The molecule has 0 radical (unpaired) electrons. The van der Waals surface area contributed by atoms with Crippen LogP contribution in [-0.2, 0) is 19.6 Å². The largest absolute Gasteiger partial charge is 0.473 e. The van der Waals surface area contributed by atoms with E-state index < -0.39 is 10.0 Å². The minimum Gasteiger partial charge on any atom is -0.473 e. The van der Waals surface area contributed by atoms with Crippen LogP contribution in [0.25, 0.3) is 21.6 Å². The monoisotopic (exact) mass is 703 g/mol. The Kier molecular flexibility index (Phi) is 23.4. The zero-order chi connectivity index (χ0) is 30.2. The fourth-order valence-corrected chi connectivity index (χ4v) is 6.63. The van der Waals surface area contributed by atoms with Crippen molar-refractivity contribution in [2.45, 2.75) is 141 Å². The number of hydrogen-bond donors (Lipinski definition) is 1. The SMILES string of the molecule is C.C.C.C.C.CC(C)C(=O)OC1CCCC1.CC(C)NS(=O)(=O)C1CC1.CC(C)Oc1nc2ccccc2nc1-c1ccc(Cl)s1. The van der Waals surface area contributed by atoms with Crippen LogP contribution in [0.1, 0.15) is 117 Å². The number of nitrogens with one attached hydrogen (secondary N) is 1. The third-order valence-corrected chi connectivity index (χ3v) is 9.50. The number of para-hydroxylation sites is 2. The van der Waals surface area contributed by atoms with Crippen molar-refractivity contribution in [2.75, 3.05) is 0 Å². The van der Waals surface area contributed by atoms with Gasteiger partial charge in [-0.25, -0.2) is 23.1 Å². The molecule has 0 atom stereocenters. The number of ether oxygens (including phenoxy) is 2. The zero-order valence-electron chi connectivity index (χ0n) is 24.7. The number of carbonyl (C=O) groups is 1. The van der Waals surface area contributed by atoms with Crippen molar-refractivity contribution >= 4 is 50.0 Å². The van der Waals surface area contributed by atoms with Crippen molar-refractivity contribution < 1.29 is 22.7 Å². The molecular formula is C35H62ClN3O5S2. The summed E-state index contributed by atoms with van der Waals surface area (Å²) in [6, 6.07) is 11.6. The molecule has 0 unspecified atom stereocenters. The summed E-state index contributed by atoms with van der Waals surface area (Å²) < 4.78 is 36.5. The summed E-state index contributed by atoms with van der Waals surface area (Å²) in [5, 5.41) is -0.0881. The lowest BCUT2D eigenvalue weighted by Gasteiger charge is -2.12. The van der Waals surface area contributed by atoms with Gasteiger partial charge in [0.05, 0.1) is 37.5 Å². The van der Waals surface area contributed by atoms with Crippen molar-refractivity contribution in [1.29, 1.82) is 0 Å². The third-order valence-electron chi connectivity index (χ3n) is 6.11. The summed E-state index contributed by atoms with van der Waals surface area (Å²) in [6.45, 7) is 11.4. The lowest BCUT2D eigenvalue weighted by atomic mass is 10.2. The van der Waals surface area contributed by atoms with Crippen LogP contribution in [0.4, 0.5) is 0 Å². The van der Waals surface area contributed by atoms with Gasteiger partial charge in [0.25, 0.3) is 0 Å². The van der Waals surface area contributed by atoms with E-state index in [9.17, 15) is 13.2 Å². The second-order valence-electron chi connectivity index (χ2n) is 11.2. The van der Waals surface area contributed by atoms with Crippen LogP contribution in [0, 0.1) is 5.92 Å². The van der Waals surface area contributed by atoms with Gasteiger partial charge in [0.1, 0.15) is 11.8 Å². The van der Waals surface area contributed by atoms with E-state index in [1.165, 1.54) is 24.2 Å². The molecule has 2 fully saturated rings. The Morgan fingerprint density at radius 2 is 1.41 bits per heavy atom. The molecule has 0 amide bonds. The highest BCUT2D eigenvalue weighted by Crippen LogP contribution is 2.36. The van der Waals surface area contributed by atoms with Crippen LogP contribution >= 0.6 is 22.9 Å². The maximum atomic E-state index is 11.1. The van der Waals surface area contributed by atoms with E-state index in [-0.39, 0.29) is 72.5 Å². The number of fused-ring (bicyclic) bond motifs is 1. The molecule has 2 aliphatic carbocycles. The summed E-state index contributed by atoms with van der Waals surface area (Å²) in [5.74, 6) is 0.532. The maximum Gasteiger partial charge on any atom is 0.308 e. The first-order valence-electron chi connectivity index (χ1n) is 14.3. The van der Waals surface area contributed by atoms with Gasteiger partial charge in [-0.2, -0.15) is 0 Å². The molecule has 8 nitrogen and oxygen atoms in total. The topological polar surface area (TPSA) is 107 Å². The van der Waals surface area contributed by atoms with E-state index in [1.54, 1.807) is 0 Å². The molecule has 0 aliphatic heterocycles. The summed E-state index contributed by atoms with van der Waals surface area (Å²) in [7, 11) is -2.94. The van der Waals surface area contributed by atoms with E-state index >= 15 is 0 Å². The summed E-state index contributed by atoms with van der Waals surface area (Å²) in [4.78, 5) is 21.3. The molecule has 11 heteroatoms. The standard InChI is InChI=1S/C15H13ClN2OS.C9H16O2.C6H13NO2S.5CH4/c1-9(2)19-15-14(12-7-8-13(16)20-12)17-10-5-3-4-6-11(10)18-15;1-7(2)9(10)11-8-5-3-4-6-8;1-5(2)7-10(8,9)6-3-4-6;;;;;/h3-9H,1-2H3;7-8H,3-6H2,1-2H3;5-7H,3-4H2,1-2H3;5*1H4. The van der Waals surface area contributed by atoms with Gasteiger partial charge in [-0.05, 0) is 90.5 Å². The number of rotatable bonds is 8. The molecule has 0 bridgehead atoms. The normalized spacial score (nSPS) is 13.8. The Bertz CT molecular complexity index is 1380. The van der Waals surface area contributed by atoms with Crippen molar-refractivity contribution in [3.05, 3.63) is 40.7 Å². The van der Waals surface area contributed by atoms with Crippen molar-refractivity contribution in [3.63, 3.8) is 0 Å². The second kappa shape index (κ2) is 22.3. The van der Waals surface area contributed by atoms with Gasteiger partial charge in [-0.3, -0.25) is 4.79 Å². The molecule has 2 aromatic heterocycles. The van der Waals surface area contributed by atoms with Crippen molar-refractivity contribution in [3.8, 4) is 16.5 Å². The highest BCUT2D eigenvalue weighted by molar-refractivity contribution is 7.90. The first kappa shape index (κ1) is 48.1. The number of thiophene rings is 1. The predicted molar refractivity (Wildman–Crippen MR) is 201 cm³/mol. The van der Waals surface area contributed by atoms with Gasteiger partial charge >= 0.3 is 5.97 Å². The first-order chi connectivity index (χ1) is 19.4. The molecule has 2 aliphatic rings. The highest BCUT2D eigenvalue weighted by Gasteiger charge is 2.35. The zero-order valence-corrected chi connectivity index (χ0v) is 27.1. The third kappa shape index (κ3) is 15.5. The number of sulfonamides is 1. The van der Waals surface area contributed by atoms with Crippen LogP contribution in [0.5, 0.6) is 5.88 Å². The molecule has 3 aromatic rings. The Morgan fingerprint density at radius 3 is 1.85 bits per heavy atom. The Hall–Kier alpha value is -2.27. The van der Waals surface area contributed by atoms with Gasteiger partial charge in [-0.1, -0.05) is 74.7 Å². The number of carbonyl (C=O) groups excluding carboxylic acids is 1. The molecule has 2 saturated carbocycles. The van der Waals surface area contributed by atoms with E-state index in [2.05, 4.69) is 14.7 Å². The summed E-state index contributed by atoms with van der Waals surface area (Å²) in [6.07, 6.45) is 6.51. The molecule has 46 heavy (non-hydrogen) atoms. The molecule has 5 rings (SSSR count).